The minimum Gasteiger partial charge on any atom is -0.478 e. The van der Waals surface area contributed by atoms with Crippen molar-refractivity contribution in [3.05, 3.63) is 11.8 Å². The summed E-state index contributed by atoms with van der Waals surface area (Å²) < 4.78 is 25.7. The van der Waals surface area contributed by atoms with E-state index in [0.717, 1.165) is 10.5 Å². The fourth-order valence-electron chi connectivity index (χ4n) is 1.96. The Labute approximate surface area is 110 Å². The Morgan fingerprint density at radius 1 is 1.47 bits per heavy atom. The first-order valence-electron chi connectivity index (χ1n) is 5.73. The Kier molecular flexibility index (Phi) is 3.37. The van der Waals surface area contributed by atoms with Gasteiger partial charge in [-0.3, -0.25) is 5.10 Å². The van der Waals surface area contributed by atoms with Gasteiger partial charge in [0.05, 0.1) is 11.8 Å². The van der Waals surface area contributed by atoms with Crippen LogP contribution in [0.5, 0.6) is 0 Å². The van der Waals surface area contributed by atoms with Gasteiger partial charge < -0.3 is 10.2 Å². The molecule has 0 atom stereocenters. The van der Waals surface area contributed by atoms with Gasteiger partial charge in [0.25, 0.3) is 10.0 Å². The fraction of sp³-hybridized carbons (Fsp3) is 0.600. The standard InChI is InChI=1S/C10H15N3O5S/c1-10(16)2-4-13(5-3-10)19(17,18)8-7(9(14)15)6-11-12-8/h6,16H,2-5H2,1H3,(H,11,12)(H,14,15). The second-order valence-corrected chi connectivity index (χ2v) is 6.69. The zero-order valence-electron chi connectivity index (χ0n) is 10.3. The molecule has 2 heterocycles. The summed E-state index contributed by atoms with van der Waals surface area (Å²) in [5.74, 6) is -1.35. The van der Waals surface area contributed by atoms with Crippen molar-refractivity contribution in [2.24, 2.45) is 0 Å². The Bertz CT molecular complexity index is 582. The van der Waals surface area contributed by atoms with Crippen molar-refractivity contribution in [3.63, 3.8) is 0 Å². The maximum Gasteiger partial charge on any atom is 0.340 e. The Hall–Kier alpha value is -1.45. The van der Waals surface area contributed by atoms with E-state index in [0.29, 0.717) is 12.8 Å². The molecule has 0 spiro atoms. The zero-order chi connectivity index (χ0) is 14.3. The molecule has 1 aromatic heterocycles. The van der Waals surface area contributed by atoms with Gasteiger partial charge in [0, 0.05) is 13.1 Å². The number of sulfonamides is 1. The Morgan fingerprint density at radius 2 is 2.05 bits per heavy atom. The Balaban J connectivity index is 2.29. The molecule has 8 nitrogen and oxygen atoms in total. The third-order valence-corrected chi connectivity index (χ3v) is 5.10. The van der Waals surface area contributed by atoms with Gasteiger partial charge in [-0.25, -0.2) is 13.2 Å². The molecule has 0 bridgehead atoms. The topological polar surface area (TPSA) is 124 Å². The lowest BCUT2D eigenvalue weighted by Gasteiger charge is -2.34. The van der Waals surface area contributed by atoms with Crippen LogP contribution in [0.25, 0.3) is 0 Å². The number of carbonyl (C=O) groups is 1. The van der Waals surface area contributed by atoms with Crippen LogP contribution < -0.4 is 0 Å². The van der Waals surface area contributed by atoms with Crippen LogP contribution in [0.1, 0.15) is 30.1 Å². The van der Waals surface area contributed by atoms with Gasteiger partial charge in [-0.15, -0.1) is 0 Å². The molecule has 106 valence electrons. The van der Waals surface area contributed by atoms with Crippen molar-refractivity contribution >= 4 is 16.0 Å². The van der Waals surface area contributed by atoms with Crippen molar-refractivity contribution in [1.82, 2.24) is 14.5 Å². The predicted molar refractivity (Wildman–Crippen MR) is 64.2 cm³/mol. The number of aliphatic hydroxyl groups is 1. The third-order valence-electron chi connectivity index (χ3n) is 3.23. The Morgan fingerprint density at radius 3 is 2.58 bits per heavy atom. The average molecular weight is 289 g/mol. The van der Waals surface area contributed by atoms with E-state index in [1.807, 2.05) is 0 Å². The summed E-state index contributed by atoms with van der Waals surface area (Å²) in [7, 11) is -3.92. The number of H-pyrrole nitrogens is 1. The summed E-state index contributed by atoms with van der Waals surface area (Å²) in [5.41, 5.74) is -1.26. The summed E-state index contributed by atoms with van der Waals surface area (Å²) in [4.78, 5) is 10.9. The van der Waals surface area contributed by atoms with Crippen LogP contribution in [0.2, 0.25) is 0 Å². The van der Waals surface area contributed by atoms with E-state index in [2.05, 4.69) is 10.2 Å². The second-order valence-electron chi connectivity index (χ2n) is 4.82. The molecule has 2 rings (SSSR count). The van der Waals surface area contributed by atoms with E-state index < -0.39 is 26.6 Å². The summed E-state index contributed by atoms with van der Waals surface area (Å²) in [6.45, 7) is 1.94. The van der Waals surface area contributed by atoms with Crippen LogP contribution in [-0.2, 0) is 10.0 Å². The van der Waals surface area contributed by atoms with Crippen LogP contribution >= 0.6 is 0 Å². The van der Waals surface area contributed by atoms with Crippen molar-refractivity contribution in [1.29, 1.82) is 0 Å². The molecule has 19 heavy (non-hydrogen) atoms. The van der Waals surface area contributed by atoms with Gasteiger partial charge in [-0.05, 0) is 19.8 Å². The van der Waals surface area contributed by atoms with Crippen molar-refractivity contribution in [2.45, 2.75) is 30.4 Å². The van der Waals surface area contributed by atoms with Gasteiger partial charge in [0.2, 0.25) is 0 Å². The summed E-state index contributed by atoms with van der Waals surface area (Å²) in [5, 5.41) is 24.0. The van der Waals surface area contributed by atoms with E-state index in [9.17, 15) is 18.3 Å². The number of nitrogens with one attached hydrogen (secondary N) is 1. The molecule has 0 aliphatic carbocycles. The molecule has 1 saturated heterocycles. The van der Waals surface area contributed by atoms with Gasteiger partial charge in [-0.2, -0.15) is 9.40 Å². The number of carboxylic acid groups (broad SMARTS) is 1. The first kappa shape index (κ1) is 14.0. The largest absolute Gasteiger partial charge is 0.478 e. The smallest absolute Gasteiger partial charge is 0.340 e. The maximum absolute atomic E-state index is 12.3. The van der Waals surface area contributed by atoms with Gasteiger partial charge >= 0.3 is 5.97 Å². The quantitative estimate of drug-likeness (QED) is 0.698. The molecular weight excluding hydrogens is 274 g/mol. The molecule has 0 aromatic carbocycles. The van der Waals surface area contributed by atoms with Crippen LogP contribution in [0.15, 0.2) is 11.2 Å². The van der Waals surface area contributed by atoms with E-state index in [4.69, 9.17) is 5.11 Å². The molecule has 1 aliphatic rings. The lowest BCUT2D eigenvalue weighted by atomic mass is 9.95. The lowest BCUT2D eigenvalue weighted by molar-refractivity contribution is 0.0125. The van der Waals surface area contributed by atoms with Crippen molar-refractivity contribution in [2.75, 3.05) is 13.1 Å². The number of piperidine rings is 1. The third kappa shape index (κ3) is 2.62. The van der Waals surface area contributed by atoms with E-state index in [1.54, 1.807) is 6.92 Å². The first-order valence-corrected chi connectivity index (χ1v) is 7.17. The number of aromatic nitrogens is 2. The maximum atomic E-state index is 12.3. The fourth-order valence-corrected chi connectivity index (χ4v) is 3.47. The van der Waals surface area contributed by atoms with Crippen molar-refractivity contribution in [3.8, 4) is 0 Å². The summed E-state index contributed by atoms with van der Waals surface area (Å²) in [6.07, 6.45) is 1.58. The molecule has 1 aliphatic heterocycles. The second kappa shape index (κ2) is 4.58. The minimum atomic E-state index is -3.92. The van der Waals surface area contributed by atoms with Crippen LogP contribution in [0.4, 0.5) is 0 Å². The van der Waals surface area contributed by atoms with Gasteiger partial charge in [0.1, 0.15) is 5.56 Å². The number of carboxylic acids is 1. The summed E-state index contributed by atoms with van der Waals surface area (Å²) >= 11 is 0. The number of hydrogen-bond acceptors (Lipinski definition) is 5. The highest BCUT2D eigenvalue weighted by molar-refractivity contribution is 7.89. The lowest BCUT2D eigenvalue weighted by Crippen LogP contribution is -2.45. The van der Waals surface area contributed by atoms with E-state index in [1.165, 1.54) is 0 Å². The molecule has 0 saturated carbocycles. The number of rotatable bonds is 3. The molecule has 0 radical (unpaired) electrons. The number of hydrogen-bond donors (Lipinski definition) is 3. The molecule has 3 N–H and O–H groups in total. The SMILES string of the molecule is CC1(O)CCN(S(=O)(=O)c2[nH]ncc2C(=O)O)CC1. The normalized spacial score (nSPS) is 20.3. The molecule has 0 unspecified atom stereocenters. The van der Waals surface area contributed by atoms with Crippen molar-refractivity contribution < 1.29 is 23.4 Å². The minimum absolute atomic E-state index is 0.146. The molecular formula is C10H15N3O5S. The van der Waals surface area contributed by atoms with Gasteiger partial charge in [-0.1, -0.05) is 0 Å². The predicted octanol–water partition coefficient (Wildman–Crippen LogP) is -0.357. The van der Waals surface area contributed by atoms with E-state index >= 15 is 0 Å². The summed E-state index contributed by atoms with van der Waals surface area (Å²) in [6, 6.07) is 0. The molecule has 9 heteroatoms. The van der Waals surface area contributed by atoms with Crippen LogP contribution in [-0.4, -0.2) is 57.8 Å². The van der Waals surface area contributed by atoms with Crippen LogP contribution in [0, 0.1) is 0 Å². The average Bonchev–Trinajstić information content (AvgIpc) is 2.77. The monoisotopic (exact) mass is 289 g/mol. The number of aromatic amines is 1. The highest BCUT2D eigenvalue weighted by Gasteiger charge is 2.36. The van der Waals surface area contributed by atoms with E-state index in [-0.39, 0.29) is 18.7 Å². The van der Waals surface area contributed by atoms with Gasteiger partial charge in [0.15, 0.2) is 5.03 Å². The molecule has 0 amide bonds. The zero-order valence-corrected chi connectivity index (χ0v) is 11.1. The highest BCUT2D eigenvalue weighted by Crippen LogP contribution is 2.26. The number of aromatic carboxylic acids is 1. The first-order chi connectivity index (χ1) is 8.74. The molecule has 1 fully saturated rings. The molecule has 1 aromatic rings. The highest BCUT2D eigenvalue weighted by atomic mass is 32.2. The number of nitrogens with zero attached hydrogens (tertiary/aromatic N) is 2. The van der Waals surface area contributed by atoms with Crippen LogP contribution in [0.3, 0.4) is 0 Å².